The van der Waals surface area contributed by atoms with Crippen LogP contribution in [0.4, 0.5) is 0 Å². The largest absolute Gasteiger partial charge is 0.497 e. The normalized spacial score (nSPS) is 11.8. The molecule has 0 aliphatic rings. The van der Waals surface area contributed by atoms with Gasteiger partial charge in [-0.2, -0.15) is 0 Å². The Morgan fingerprint density at radius 1 is 1.10 bits per heavy atom. The summed E-state index contributed by atoms with van der Waals surface area (Å²) in [5, 5.41) is 0. The molecule has 0 amide bonds. The van der Waals surface area contributed by atoms with Gasteiger partial charge in [0.25, 0.3) is 0 Å². The van der Waals surface area contributed by atoms with E-state index in [0.717, 1.165) is 36.9 Å². The van der Waals surface area contributed by atoms with E-state index >= 15 is 0 Å². The molecule has 0 fully saturated rings. The lowest BCUT2D eigenvalue weighted by atomic mass is 9.94. The molecule has 0 bridgehead atoms. The molecular weight excluding hydrogens is 248 g/mol. The molecule has 1 unspecified atom stereocenters. The van der Waals surface area contributed by atoms with Gasteiger partial charge in [-0.05, 0) is 37.0 Å². The van der Waals surface area contributed by atoms with Crippen LogP contribution in [0.1, 0.15) is 56.4 Å². The molecule has 0 radical (unpaired) electrons. The first-order valence-corrected chi connectivity index (χ1v) is 7.52. The highest BCUT2D eigenvalue weighted by Crippen LogP contribution is 2.23. The summed E-state index contributed by atoms with van der Waals surface area (Å²) in [6.45, 7) is 3.73. The number of unbranched alkanes of at least 4 members (excludes halogenated alkanes) is 5. The van der Waals surface area contributed by atoms with Crippen molar-refractivity contribution in [2.75, 3.05) is 7.11 Å². The zero-order chi connectivity index (χ0) is 14.6. The first kappa shape index (κ1) is 16.5. The standard InChI is InChI=1S/C18H26O2/c1-3-4-5-6-7-8-9-10-17(15-19)16-11-13-18(20-2)14-12-16/h3,11-15,17H,1,4-10H2,2H3. The summed E-state index contributed by atoms with van der Waals surface area (Å²) < 4.78 is 5.13. The molecule has 0 aliphatic heterocycles. The fraction of sp³-hybridized carbons (Fsp3) is 0.500. The Hall–Kier alpha value is -1.57. The smallest absolute Gasteiger partial charge is 0.127 e. The van der Waals surface area contributed by atoms with Gasteiger partial charge in [0.2, 0.25) is 0 Å². The van der Waals surface area contributed by atoms with Gasteiger partial charge in [-0.1, -0.05) is 43.9 Å². The molecule has 2 heteroatoms. The average Bonchev–Trinajstić information content (AvgIpc) is 2.50. The Morgan fingerprint density at radius 2 is 1.75 bits per heavy atom. The van der Waals surface area contributed by atoms with Gasteiger partial charge in [0.15, 0.2) is 0 Å². The lowest BCUT2D eigenvalue weighted by Crippen LogP contribution is -2.00. The van der Waals surface area contributed by atoms with E-state index in [9.17, 15) is 4.79 Å². The zero-order valence-corrected chi connectivity index (χ0v) is 12.5. The number of allylic oxidation sites excluding steroid dienone is 1. The second-order valence-corrected chi connectivity index (χ2v) is 5.15. The van der Waals surface area contributed by atoms with Crippen LogP contribution in [0.25, 0.3) is 0 Å². The van der Waals surface area contributed by atoms with Crippen molar-refractivity contribution < 1.29 is 9.53 Å². The van der Waals surface area contributed by atoms with Crippen LogP contribution in [0, 0.1) is 0 Å². The van der Waals surface area contributed by atoms with Crippen LogP contribution in [-0.4, -0.2) is 13.4 Å². The van der Waals surface area contributed by atoms with Crippen molar-refractivity contribution in [2.45, 2.75) is 50.9 Å². The summed E-state index contributed by atoms with van der Waals surface area (Å²) in [5.74, 6) is 0.856. The molecule has 1 aromatic carbocycles. The fourth-order valence-electron chi connectivity index (χ4n) is 2.35. The number of carbonyl (C=O) groups is 1. The van der Waals surface area contributed by atoms with E-state index in [4.69, 9.17) is 4.74 Å². The number of hydrogen-bond acceptors (Lipinski definition) is 2. The number of hydrogen-bond donors (Lipinski definition) is 0. The van der Waals surface area contributed by atoms with E-state index < -0.39 is 0 Å². The molecule has 0 heterocycles. The van der Waals surface area contributed by atoms with Crippen LogP contribution in [0.5, 0.6) is 5.75 Å². The predicted octanol–water partition coefficient (Wildman–Crippen LogP) is 4.89. The third-order valence-corrected chi connectivity index (χ3v) is 3.63. The van der Waals surface area contributed by atoms with E-state index in [1.165, 1.54) is 25.7 Å². The first-order chi connectivity index (χ1) is 9.81. The van der Waals surface area contributed by atoms with Gasteiger partial charge in [0, 0.05) is 5.92 Å². The summed E-state index contributed by atoms with van der Waals surface area (Å²) in [4.78, 5) is 11.2. The topological polar surface area (TPSA) is 26.3 Å². The van der Waals surface area contributed by atoms with Crippen LogP contribution < -0.4 is 4.74 Å². The quantitative estimate of drug-likeness (QED) is 0.326. The molecule has 1 rings (SSSR count). The summed E-state index contributed by atoms with van der Waals surface area (Å²) >= 11 is 0. The van der Waals surface area contributed by atoms with Crippen molar-refractivity contribution in [1.29, 1.82) is 0 Å². The van der Waals surface area contributed by atoms with Crippen molar-refractivity contribution in [2.24, 2.45) is 0 Å². The van der Waals surface area contributed by atoms with Crippen molar-refractivity contribution in [1.82, 2.24) is 0 Å². The van der Waals surface area contributed by atoms with Crippen LogP contribution in [-0.2, 0) is 4.79 Å². The highest BCUT2D eigenvalue weighted by Gasteiger charge is 2.09. The highest BCUT2D eigenvalue weighted by atomic mass is 16.5. The molecule has 0 saturated heterocycles. The number of aldehydes is 1. The van der Waals surface area contributed by atoms with E-state index in [1.807, 2.05) is 30.3 Å². The third-order valence-electron chi connectivity index (χ3n) is 3.63. The van der Waals surface area contributed by atoms with Crippen molar-refractivity contribution in [3.8, 4) is 5.75 Å². The van der Waals surface area contributed by atoms with E-state index in [2.05, 4.69) is 6.58 Å². The van der Waals surface area contributed by atoms with Gasteiger partial charge in [0.05, 0.1) is 7.11 Å². The minimum absolute atomic E-state index is 0.0223. The van der Waals surface area contributed by atoms with Gasteiger partial charge in [-0.15, -0.1) is 6.58 Å². The molecule has 0 saturated carbocycles. The highest BCUT2D eigenvalue weighted by molar-refractivity contribution is 5.62. The van der Waals surface area contributed by atoms with Crippen LogP contribution in [0.2, 0.25) is 0 Å². The molecular formula is C18H26O2. The maximum absolute atomic E-state index is 11.2. The van der Waals surface area contributed by atoms with Gasteiger partial charge < -0.3 is 9.53 Å². The molecule has 2 nitrogen and oxygen atoms in total. The van der Waals surface area contributed by atoms with E-state index in [0.29, 0.717) is 0 Å². The minimum Gasteiger partial charge on any atom is -0.497 e. The Morgan fingerprint density at radius 3 is 2.35 bits per heavy atom. The molecule has 20 heavy (non-hydrogen) atoms. The predicted molar refractivity (Wildman–Crippen MR) is 84.3 cm³/mol. The molecule has 0 aliphatic carbocycles. The maximum Gasteiger partial charge on any atom is 0.127 e. The Bertz CT molecular complexity index is 381. The van der Waals surface area contributed by atoms with Crippen LogP contribution in [0.3, 0.4) is 0 Å². The fourth-order valence-corrected chi connectivity index (χ4v) is 2.35. The van der Waals surface area contributed by atoms with Crippen molar-refractivity contribution >= 4 is 6.29 Å². The number of methoxy groups -OCH3 is 1. The monoisotopic (exact) mass is 274 g/mol. The number of benzene rings is 1. The van der Waals surface area contributed by atoms with Gasteiger partial charge >= 0.3 is 0 Å². The summed E-state index contributed by atoms with van der Waals surface area (Å²) in [6.07, 6.45) is 11.2. The number of carbonyl (C=O) groups excluding carboxylic acids is 1. The Labute approximate surface area is 122 Å². The zero-order valence-electron chi connectivity index (χ0n) is 12.5. The molecule has 0 aromatic heterocycles. The van der Waals surface area contributed by atoms with Gasteiger partial charge in [-0.25, -0.2) is 0 Å². The average molecular weight is 274 g/mol. The summed E-state index contributed by atoms with van der Waals surface area (Å²) in [6, 6.07) is 7.81. The SMILES string of the molecule is C=CCCCCCCCC(C=O)c1ccc(OC)cc1. The molecule has 0 N–H and O–H groups in total. The second kappa shape index (κ2) is 10.2. The second-order valence-electron chi connectivity index (χ2n) is 5.15. The first-order valence-electron chi connectivity index (χ1n) is 7.52. The van der Waals surface area contributed by atoms with Crippen molar-refractivity contribution in [3.05, 3.63) is 42.5 Å². The van der Waals surface area contributed by atoms with E-state index in [1.54, 1.807) is 7.11 Å². The molecule has 1 aromatic rings. The lowest BCUT2D eigenvalue weighted by molar-refractivity contribution is -0.109. The Balaban J connectivity index is 2.28. The molecule has 110 valence electrons. The Kier molecular flexibility index (Phi) is 8.44. The van der Waals surface area contributed by atoms with E-state index in [-0.39, 0.29) is 5.92 Å². The van der Waals surface area contributed by atoms with Gasteiger partial charge in [0.1, 0.15) is 12.0 Å². The number of ether oxygens (including phenoxy) is 1. The summed E-state index contributed by atoms with van der Waals surface area (Å²) in [7, 11) is 1.65. The molecule has 1 atom stereocenters. The third kappa shape index (κ3) is 6.05. The van der Waals surface area contributed by atoms with Crippen LogP contribution in [0.15, 0.2) is 36.9 Å². The maximum atomic E-state index is 11.2. The number of rotatable bonds is 11. The minimum atomic E-state index is 0.0223. The van der Waals surface area contributed by atoms with Crippen LogP contribution >= 0.6 is 0 Å². The van der Waals surface area contributed by atoms with Crippen molar-refractivity contribution in [3.63, 3.8) is 0 Å². The van der Waals surface area contributed by atoms with Gasteiger partial charge in [-0.3, -0.25) is 0 Å². The lowest BCUT2D eigenvalue weighted by Gasteiger charge is -2.11. The molecule has 0 spiro atoms. The summed E-state index contributed by atoms with van der Waals surface area (Å²) in [5.41, 5.74) is 1.09.